The van der Waals surface area contributed by atoms with Crippen LogP contribution in [-0.2, 0) is 6.18 Å². The van der Waals surface area contributed by atoms with E-state index >= 15 is 0 Å². The molecule has 0 aliphatic rings. The second-order valence-corrected chi connectivity index (χ2v) is 5.08. The molecule has 2 aromatic rings. The van der Waals surface area contributed by atoms with Gasteiger partial charge in [-0.2, -0.15) is 13.2 Å². The highest BCUT2D eigenvalue weighted by Crippen LogP contribution is 2.29. The fraction of sp³-hybridized carbons (Fsp3) is 0.143. The Bertz CT molecular complexity index is 728. The van der Waals surface area contributed by atoms with Gasteiger partial charge >= 0.3 is 6.18 Å². The van der Waals surface area contributed by atoms with Crippen molar-refractivity contribution in [3.05, 3.63) is 51.7 Å². The molecule has 0 bridgehead atoms. The highest BCUT2D eigenvalue weighted by atomic mass is 32.1. The molecule has 0 aliphatic carbocycles. The molecule has 0 atom stereocenters. The number of alkyl halides is 3. The summed E-state index contributed by atoms with van der Waals surface area (Å²) < 4.78 is 42.8. The summed E-state index contributed by atoms with van der Waals surface area (Å²) in [4.78, 5) is 23.7. The number of carbonyl (C=O) groups is 2. The molecule has 2 N–H and O–H groups in total. The molecule has 23 heavy (non-hydrogen) atoms. The number of hydrazine groups is 1. The number of carbonyl (C=O) groups excluding carboxylic acids is 2. The number of hydrogen-bond acceptors (Lipinski definition) is 4. The standard InChI is InChI=1S/C14H11F3N2O3S/c1-22-11-7-23-6-10(11)13(21)19-18-12(20)8-3-2-4-9(5-8)14(15,16)17/h2-7H,1H3,(H,18,20)(H,19,21). The van der Waals surface area contributed by atoms with Gasteiger partial charge in [-0.15, -0.1) is 11.3 Å². The molecule has 122 valence electrons. The Kier molecular flexibility index (Phi) is 4.89. The second kappa shape index (κ2) is 6.69. The summed E-state index contributed by atoms with van der Waals surface area (Å²) in [6.45, 7) is 0. The van der Waals surface area contributed by atoms with E-state index in [0.717, 1.165) is 12.1 Å². The number of amides is 2. The van der Waals surface area contributed by atoms with E-state index in [2.05, 4.69) is 10.9 Å². The largest absolute Gasteiger partial charge is 0.495 e. The Morgan fingerprint density at radius 3 is 2.48 bits per heavy atom. The number of ether oxygens (including phenoxy) is 1. The van der Waals surface area contributed by atoms with Crippen LogP contribution < -0.4 is 15.6 Å². The Hall–Kier alpha value is -2.55. The molecule has 0 fully saturated rings. The first-order chi connectivity index (χ1) is 10.8. The highest BCUT2D eigenvalue weighted by molar-refractivity contribution is 7.08. The topological polar surface area (TPSA) is 67.4 Å². The minimum absolute atomic E-state index is 0.210. The maximum Gasteiger partial charge on any atom is 0.416 e. The SMILES string of the molecule is COc1cscc1C(=O)NNC(=O)c1cccc(C(F)(F)F)c1. The third-order valence-corrected chi connectivity index (χ3v) is 3.55. The predicted molar refractivity (Wildman–Crippen MR) is 77.2 cm³/mol. The number of hydrogen-bond donors (Lipinski definition) is 2. The summed E-state index contributed by atoms with van der Waals surface area (Å²) in [7, 11) is 1.39. The van der Waals surface area contributed by atoms with E-state index in [9.17, 15) is 22.8 Å². The smallest absolute Gasteiger partial charge is 0.416 e. The second-order valence-electron chi connectivity index (χ2n) is 4.34. The number of halogens is 3. The molecule has 1 aromatic heterocycles. The molecule has 2 rings (SSSR count). The van der Waals surface area contributed by atoms with Crippen LogP contribution >= 0.6 is 11.3 Å². The zero-order chi connectivity index (χ0) is 17.0. The summed E-state index contributed by atoms with van der Waals surface area (Å²) in [6, 6.07) is 3.88. The zero-order valence-corrected chi connectivity index (χ0v) is 12.5. The molecular formula is C14H11F3N2O3S. The molecule has 9 heteroatoms. The lowest BCUT2D eigenvalue weighted by molar-refractivity contribution is -0.137. The van der Waals surface area contributed by atoms with Crippen LogP contribution in [0.15, 0.2) is 35.0 Å². The summed E-state index contributed by atoms with van der Waals surface area (Å²) in [6.07, 6.45) is -4.55. The van der Waals surface area contributed by atoms with Crippen molar-refractivity contribution >= 4 is 23.2 Å². The minimum Gasteiger partial charge on any atom is -0.495 e. The summed E-state index contributed by atoms with van der Waals surface area (Å²) >= 11 is 1.23. The van der Waals surface area contributed by atoms with Crippen LogP contribution in [-0.4, -0.2) is 18.9 Å². The first-order valence-electron chi connectivity index (χ1n) is 6.21. The molecule has 0 aliphatic heterocycles. The van der Waals surface area contributed by atoms with Gasteiger partial charge in [0.1, 0.15) is 5.75 Å². The van der Waals surface area contributed by atoms with Gasteiger partial charge in [-0.3, -0.25) is 20.4 Å². The third-order valence-electron chi connectivity index (χ3n) is 2.83. The van der Waals surface area contributed by atoms with Crippen molar-refractivity contribution in [2.75, 3.05) is 7.11 Å². The lowest BCUT2D eigenvalue weighted by Crippen LogP contribution is -2.41. The third kappa shape index (κ3) is 4.01. The molecule has 0 radical (unpaired) electrons. The van der Waals surface area contributed by atoms with Crippen LogP contribution in [0.2, 0.25) is 0 Å². The Labute approximate surface area is 133 Å². The highest BCUT2D eigenvalue weighted by Gasteiger charge is 2.30. The van der Waals surface area contributed by atoms with Crippen molar-refractivity contribution in [2.24, 2.45) is 0 Å². The fourth-order valence-electron chi connectivity index (χ4n) is 1.70. The van der Waals surface area contributed by atoms with Crippen molar-refractivity contribution in [1.82, 2.24) is 10.9 Å². The Morgan fingerprint density at radius 2 is 1.83 bits per heavy atom. The number of benzene rings is 1. The molecule has 1 heterocycles. The zero-order valence-electron chi connectivity index (χ0n) is 11.7. The fourth-order valence-corrected chi connectivity index (χ4v) is 2.47. The molecule has 0 saturated heterocycles. The summed E-state index contributed by atoms with van der Waals surface area (Å²) in [5.41, 5.74) is 3.22. The molecule has 0 saturated carbocycles. The van der Waals surface area contributed by atoms with Gasteiger partial charge in [0.25, 0.3) is 11.8 Å². The maximum absolute atomic E-state index is 12.6. The van der Waals surface area contributed by atoms with Gasteiger partial charge in [0, 0.05) is 16.3 Å². The van der Waals surface area contributed by atoms with Crippen molar-refractivity contribution in [2.45, 2.75) is 6.18 Å². The van der Waals surface area contributed by atoms with E-state index in [-0.39, 0.29) is 11.1 Å². The Morgan fingerprint density at radius 1 is 1.13 bits per heavy atom. The Balaban J connectivity index is 2.04. The molecule has 0 spiro atoms. The van der Waals surface area contributed by atoms with Gasteiger partial charge < -0.3 is 4.74 Å². The van der Waals surface area contributed by atoms with Gasteiger partial charge in [0.2, 0.25) is 0 Å². The molecular weight excluding hydrogens is 333 g/mol. The maximum atomic E-state index is 12.6. The minimum atomic E-state index is -4.55. The van der Waals surface area contributed by atoms with E-state index in [1.54, 1.807) is 5.38 Å². The summed E-state index contributed by atoms with van der Waals surface area (Å²) in [5.74, 6) is -1.16. The lowest BCUT2D eigenvalue weighted by atomic mass is 10.1. The van der Waals surface area contributed by atoms with E-state index < -0.39 is 23.6 Å². The number of nitrogens with one attached hydrogen (secondary N) is 2. The van der Waals surface area contributed by atoms with Gasteiger partial charge in [-0.25, -0.2) is 0 Å². The molecule has 0 unspecified atom stereocenters. The van der Waals surface area contributed by atoms with Crippen molar-refractivity contribution in [1.29, 1.82) is 0 Å². The monoisotopic (exact) mass is 344 g/mol. The molecule has 5 nitrogen and oxygen atoms in total. The average molecular weight is 344 g/mol. The van der Waals surface area contributed by atoms with Gasteiger partial charge in [0.05, 0.1) is 18.2 Å². The van der Waals surface area contributed by atoms with Gasteiger partial charge in [-0.05, 0) is 18.2 Å². The summed E-state index contributed by atoms with van der Waals surface area (Å²) in [5, 5.41) is 3.12. The van der Waals surface area contributed by atoms with Crippen molar-refractivity contribution < 1.29 is 27.5 Å². The van der Waals surface area contributed by atoms with Crippen LogP contribution in [0.3, 0.4) is 0 Å². The van der Waals surface area contributed by atoms with E-state index in [0.29, 0.717) is 11.8 Å². The van der Waals surface area contributed by atoms with Gasteiger partial charge in [0.15, 0.2) is 0 Å². The molecule has 2 amide bonds. The first kappa shape index (κ1) is 16.8. The van der Waals surface area contributed by atoms with Gasteiger partial charge in [-0.1, -0.05) is 6.07 Å². The van der Waals surface area contributed by atoms with Crippen LogP contribution in [0.5, 0.6) is 5.75 Å². The number of thiophene rings is 1. The number of methoxy groups -OCH3 is 1. The quantitative estimate of drug-likeness (QED) is 0.842. The van der Waals surface area contributed by atoms with Crippen LogP contribution in [0, 0.1) is 0 Å². The van der Waals surface area contributed by atoms with Crippen LogP contribution in [0.25, 0.3) is 0 Å². The van der Waals surface area contributed by atoms with E-state index in [1.165, 1.54) is 29.9 Å². The lowest BCUT2D eigenvalue weighted by Gasteiger charge is -2.10. The van der Waals surface area contributed by atoms with E-state index in [1.807, 2.05) is 0 Å². The first-order valence-corrected chi connectivity index (χ1v) is 7.15. The number of rotatable bonds is 3. The molecule has 1 aromatic carbocycles. The normalized spacial score (nSPS) is 11.0. The predicted octanol–water partition coefficient (Wildman–Crippen LogP) is 2.85. The average Bonchev–Trinajstić information content (AvgIpc) is 3.00. The van der Waals surface area contributed by atoms with E-state index in [4.69, 9.17) is 4.74 Å². The van der Waals surface area contributed by atoms with Crippen LogP contribution in [0.1, 0.15) is 26.3 Å². The van der Waals surface area contributed by atoms with Crippen molar-refractivity contribution in [3.63, 3.8) is 0 Å². The van der Waals surface area contributed by atoms with Crippen molar-refractivity contribution in [3.8, 4) is 5.75 Å². The van der Waals surface area contributed by atoms with Crippen LogP contribution in [0.4, 0.5) is 13.2 Å².